The predicted molar refractivity (Wildman–Crippen MR) is 59.1 cm³/mol. The molecular formula is C13H24O. The number of fused-ring (bicyclic) bond motifs is 1. The van der Waals surface area contributed by atoms with Crippen LogP contribution >= 0.6 is 0 Å². The molecule has 0 radical (unpaired) electrons. The van der Waals surface area contributed by atoms with Crippen LogP contribution in [0.25, 0.3) is 0 Å². The van der Waals surface area contributed by atoms with E-state index in [2.05, 4.69) is 20.8 Å². The second kappa shape index (κ2) is 3.23. The Bertz CT molecular complexity index is 216. The molecule has 0 bridgehead atoms. The molecule has 0 spiro atoms. The van der Waals surface area contributed by atoms with E-state index in [0.717, 1.165) is 18.8 Å². The summed E-state index contributed by atoms with van der Waals surface area (Å²) in [6, 6.07) is 0. The summed E-state index contributed by atoms with van der Waals surface area (Å²) in [5.74, 6) is 1.44. The molecule has 14 heavy (non-hydrogen) atoms. The molecular weight excluding hydrogens is 172 g/mol. The van der Waals surface area contributed by atoms with Crippen molar-refractivity contribution in [2.24, 2.45) is 17.3 Å². The minimum absolute atomic E-state index is 0.262. The highest BCUT2D eigenvalue weighted by Gasteiger charge is 2.46. The Kier molecular flexibility index (Phi) is 2.42. The molecule has 0 amide bonds. The molecule has 0 aromatic carbocycles. The number of hydrogen-bond acceptors (Lipinski definition) is 1. The van der Waals surface area contributed by atoms with Crippen LogP contribution in [0.2, 0.25) is 0 Å². The van der Waals surface area contributed by atoms with Crippen LogP contribution < -0.4 is 0 Å². The van der Waals surface area contributed by atoms with Crippen LogP contribution in [0.15, 0.2) is 0 Å². The van der Waals surface area contributed by atoms with Gasteiger partial charge in [0, 0.05) is 0 Å². The van der Waals surface area contributed by atoms with Crippen LogP contribution in [0.4, 0.5) is 0 Å². The fourth-order valence-electron chi connectivity index (χ4n) is 3.47. The van der Waals surface area contributed by atoms with Crippen LogP contribution in [0.3, 0.4) is 0 Å². The van der Waals surface area contributed by atoms with Crippen molar-refractivity contribution in [2.45, 2.75) is 64.9 Å². The number of hydrogen-bond donors (Lipinski definition) is 1. The Morgan fingerprint density at radius 3 is 2.50 bits per heavy atom. The van der Waals surface area contributed by atoms with Gasteiger partial charge in [0.1, 0.15) is 0 Å². The van der Waals surface area contributed by atoms with E-state index in [1.54, 1.807) is 0 Å². The molecule has 3 unspecified atom stereocenters. The van der Waals surface area contributed by atoms with Gasteiger partial charge in [0.2, 0.25) is 0 Å². The molecule has 2 fully saturated rings. The highest BCUT2D eigenvalue weighted by atomic mass is 16.3. The highest BCUT2D eigenvalue weighted by Crippen LogP contribution is 2.51. The van der Waals surface area contributed by atoms with E-state index in [9.17, 15) is 5.11 Å². The Hall–Kier alpha value is -0.0400. The molecule has 1 heteroatoms. The van der Waals surface area contributed by atoms with Crippen molar-refractivity contribution < 1.29 is 5.11 Å². The number of rotatable bonds is 0. The summed E-state index contributed by atoms with van der Waals surface area (Å²) in [5, 5.41) is 10.4. The summed E-state index contributed by atoms with van der Waals surface area (Å²) >= 11 is 0. The standard InChI is InChI=1S/C13H24O/c1-12(2,3)10-6-8-13(14)7-4-5-11(13)9-10/h10-11,14H,4-9H2,1-3H3. The molecule has 0 aromatic rings. The Morgan fingerprint density at radius 1 is 1.14 bits per heavy atom. The van der Waals surface area contributed by atoms with Crippen molar-refractivity contribution >= 4 is 0 Å². The average molecular weight is 196 g/mol. The molecule has 0 aliphatic heterocycles. The molecule has 1 N–H and O–H groups in total. The van der Waals surface area contributed by atoms with E-state index in [1.807, 2.05) is 0 Å². The fourth-order valence-corrected chi connectivity index (χ4v) is 3.47. The van der Waals surface area contributed by atoms with Gasteiger partial charge in [0.25, 0.3) is 0 Å². The van der Waals surface area contributed by atoms with Crippen molar-refractivity contribution in [3.8, 4) is 0 Å². The van der Waals surface area contributed by atoms with Crippen molar-refractivity contribution in [3.63, 3.8) is 0 Å². The van der Waals surface area contributed by atoms with Gasteiger partial charge in [-0.05, 0) is 49.4 Å². The lowest BCUT2D eigenvalue weighted by molar-refractivity contribution is -0.0564. The van der Waals surface area contributed by atoms with Crippen molar-refractivity contribution in [1.29, 1.82) is 0 Å². The molecule has 0 aromatic heterocycles. The van der Waals surface area contributed by atoms with E-state index in [4.69, 9.17) is 0 Å². The summed E-state index contributed by atoms with van der Waals surface area (Å²) in [6.45, 7) is 7.03. The molecule has 0 heterocycles. The van der Waals surface area contributed by atoms with E-state index in [-0.39, 0.29) is 5.60 Å². The first-order valence-electron chi connectivity index (χ1n) is 6.14. The monoisotopic (exact) mass is 196 g/mol. The lowest BCUT2D eigenvalue weighted by atomic mass is 9.65. The first-order valence-corrected chi connectivity index (χ1v) is 6.14. The molecule has 0 saturated heterocycles. The predicted octanol–water partition coefficient (Wildman–Crippen LogP) is 3.36. The van der Waals surface area contributed by atoms with Crippen LogP contribution in [-0.2, 0) is 0 Å². The van der Waals surface area contributed by atoms with Crippen molar-refractivity contribution in [3.05, 3.63) is 0 Å². The normalized spacial score (nSPS) is 43.7. The minimum Gasteiger partial charge on any atom is -0.390 e. The Morgan fingerprint density at radius 2 is 1.86 bits per heavy atom. The van der Waals surface area contributed by atoms with E-state index < -0.39 is 0 Å². The highest BCUT2D eigenvalue weighted by molar-refractivity contribution is 4.98. The zero-order valence-electron chi connectivity index (χ0n) is 9.84. The van der Waals surface area contributed by atoms with Gasteiger partial charge in [-0.2, -0.15) is 0 Å². The van der Waals surface area contributed by atoms with Gasteiger partial charge in [0.15, 0.2) is 0 Å². The maximum Gasteiger partial charge on any atom is 0.0676 e. The van der Waals surface area contributed by atoms with Crippen LogP contribution in [0, 0.1) is 17.3 Å². The van der Waals surface area contributed by atoms with Gasteiger partial charge in [-0.3, -0.25) is 0 Å². The summed E-state index contributed by atoms with van der Waals surface area (Å²) in [4.78, 5) is 0. The molecule has 2 aliphatic rings. The third-order valence-corrected chi connectivity index (χ3v) is 4.64. The van der Waals surface area contributed by atoms with Gasteiger partial charge >= 0.3 is 0 Å². The fraction of sp³-hybridized carbons (Fsp3) is 1.00. The molecule has 2 saturated carbocycles. The minimum atomic E-state index is -0.262. The topological polar surface area (TPSA) is 20.2 Å². The van der Waals surface area contributed by atoms with E-state index >= 15 is 0 Å². The lowest BCUT2D eigenvalue weighted by Crippen LogP contribution is -2.41. The van der Waals surface area contributed by atoms with Gasteiger partial charge in [-0.15, -0.1) is 0 Å². The van der Waals surface area contributed by atoms with Crippen molar-refractivity contribution in [2.75, 3.05) is 0 Å². The number of aliphatic hydroxyl groups is 1. The second-order valence-electron chi connectivity index (χ2n) is 6.53. The average Bonchev–Trinajstić information content (AvgIpc) is 2.42. The Labute approximate surface area is 87.9 Å². The van der Waals surface area contributed by atoms with E-state index in [1.165, 1.54) is 25.7 Å². The van der Waals surface area contributed by atoms with E-state index in [0.29, 0.717) is 11.3 Å². The quantitative estimate of drug-likeness (QED) is 0.630. The summed E-state index contributed by atoms with van der Waals surface area (Å²) in [5.41, 5.74) is 0.172. The molecule has 1 nitrogen and oxygen atoms in total. The van der Waals surface area contributed by atoms with Crippen LogP contribution in [0.1, 0.15) is 59.3 Å². The summed E-state index contributed by atoms with van der Waals surface area (Å²) < 4.78 is 0. The first-order chi connectivity index (χ1) is 6.42. The van der Waals surface area contributed by atoms with Crippen LogP contribution in [-0.4, -0.2) is 10.7 Å². The maximum absolute atomic E-state index is 10.4. The largest absolute Gasteiger partial charge is 0.390 e. The summed E-state index contributed by atoms with van der Waals surface area (Å²) in [7, 11) is 0. The zero-order chi connectivity index (χ0) is 10.4. The first kappa shape index (κ1) is 10.5. The smallest absolute Gasteiger partial charge is 0.0676 e. The maximum atomic E-state index is 10.4. The van der Waals surface area contributed by atoms with Gasteiger partial charge < -0.3 is 5.11 Å². The summed E-state index contributed by atoms with van der Waals surface area (Å²) in [6.07, 6.45) is 7.13. The lowest BCUT2D eigenvalue weighted by Gasteiger charge is -2.43. The molecule has 2 aliphatic carbocycles. The third kappa shape index (κ3) is 1.71. The molecule has 2 rings (SSSR count). The molecule has 82 valence electrons. The van der Waals surface area contributed by atoms with Crippen molar-refractivity contribution in [1.82, 2.24) is 0 Å². The second-order valence-corrected chi connectivity index (χ2v) is 6.53. The Balaban J connectivity index is 2.05. The SMILES string of the molecule is CC(C)(C)C1CCC2(O)CCCC2C1. The molecule has 3 atom stereocenters. The van der Waals surface area contributed by atoms with Gasteiger partial charge in [0.05, 0.1) is 5.60 Å². The third-order valence-electron chi connectivity index (χ3n) is 4.64. The zero-order valence-corrected chi connectivity index (χ0v) is 9.84. The van der Waals surface area contributed by atoms with Gasteiger partial charge in [-0.1, -0.05) is 27.2 Å². The van der Waals surface area contributed by atoms with Gasteiger partial charge in [-0.25, -0.2) is 0 Å². The van der Waals surface area contributed by atoms with Crippen LogP contribution in [0.5, 0.6) is 0 Å².